The molecule has 38 heavy (non-hydrogen) atoms. The second-order valence-corrected chi connectivity index (χ2v) is 9.93. The Hall–Kier alpha value is -4.45. The SMILES string of the molecule is N#CC1CCN(c2ccc(-c3cc(C(=O)O)nc4c3c(OC3CCCC3)nn4-c3ccccc3)cn2)CC1. The van der Waals surface area contributed by atoms with E-state index in [-0.39, 0.29) is 17.7 Å². The van der Waals surface area contributed by atoms with Crippen LogP contribution in [0.2, 0.25) is 0 Å². The minimum atomic E-state index is -1.11. The van der Waals surface area contributed by atoms with Crippen molar-refractivity contribution in [3.05, 3.63) is 60.4 Å². The number of carboxylic acids is 1. The number of nitriles is 1. The lowest BCUT2D eigenvalue weighted by atomic mass is 9.98. The lowest BCUT2D eigenvalue weighted by Gasteiger charge is -2.30. The molecular formula is C29H28N6O3. The van der Waals surface area contributed by atoms with Gasteiger partial charge in [0.05, 0.1) is 17.1 Å². The molecule has 1 saturated heterocycles. The summed E-state index contributed by atoms with van der Waals surface area (Å²) in [5, 5.41) is 24.6. The van der Waals surface area contributed by atoms with Crippen LogP contribution in [0.4, 0.5) is 5.82 Å². The molecule has 1 aliphatic carbocycles. The summed E-state index contributed by atoms with van der Waals surface area (Å²) in [4.78, 5) is 23.5. The van der Waals surface area contributed by atoms with Gasteiger partial charge in [0.25, 0.3) is 0 Å². The first-order valence-electron chi connectivity index (χ1n) is 13.1. The molecule has 4 heterocycles. The summed E-state index contributed by atoms with van der Waals surface area (Å²) >= 11 is 0. The largest absolute Gasteiger partial charge is 0.477 e. The number of aromatic carboxylic acids is 1. The number of benzene rings is 1. The molecule has 0 spiro atoms. The highest BCUT2D eigenvalue weighted by Crippen LogP contribution is 2.38. The predicted molar refractivity (Wildman–Crippen MR) is 142 cm³/mol. The van der Waals surface area contributed by atoms with Gasteiger partial charge in [0.15, 0.2) is 11.3 Å². The third-order valence-corrected chi connectivity index (χ3v) is 7.47. The number of fused-ring (bicyclic) bond motifs is 1. The van der Waals surface area contributed by atoms with Gasteiger partial charge in [-0.15, -0.1) is 5.10 Å². The molecule has 1 aromatic carbocycles. The van der Waals surface area contributed by atoms with E-state index >= 15 is 0 Å². The van der Waals surface area contributed by atoms with Gasteiger partial charge in [0.1, 0.15) is 11.9 Å². The molecule has 1 saturated carbocycles. The monoisotopic (exact) mass is 508 g/mol. The van der Waals surface area contributed by atoms with Crippen molar-refractivity contribution in [2.75, 3.05) is 18.0 Å². The molecule has 1 N–H and O–H groups in total. The summed E-state index contributed by atoms with van der Waals surface area (Å²) in [5.41, 5.74) is 2.57. The minimum Gasteiger partial charge on any atom is -0.477 e. The molecule has 192 valence electrons. The van der Waals surface area contributed by atoms with Crippen molar-refractivity contribution in [3.63, 3.8) is 0 Å². The van der Waals surface area contributed by atoms with Crippen LogP contribution in [0.25, 0.3) is 27.8 Å². The van der Waals surface area contributed by atoms with Crippen LogP contribution in [0.15, 0.2) is 54.7 Å². The maximum absolute atomic E-state index is 12.1. The molecule has 1 aliphatic heterocycles. The second-order valence-electron chi connectivity index (χ2n) is 9.93. The average Bonchev–Trinajstić information content (AvgIpc) is 3.61. The van der Waals surface area contributed by atoms with Gasteiger partial charge >= 0.3 is 5.97 Å². The topological polar surface area (TPSA) is 117 Å². The van der Waals surface area contributed by atoms with Crippen LogP contribution < -0.4 is 9.64 Å². The van der Waals surface area contributed by atoms with Gasteiger partial charge in [-0.2, -0.15) is 5.26 Å². The number of aromatic nitrogens is 4. The Labute approximate surface area is 220 Å². The Morgan fingerprint density at radius 3 is 2.47 bits per heavy atom. The van der Waals surface area contributed by atoms with Crippen molar-refractivity contribution < 1.29 is 14.6 Å². The smallest absolute Gasteiger partial charge is 0.354 e. The van der Waals surface area contributed by atoms with E-state index < -0.39 is 5.97 Å². The van der Waals surface area contributed by atoms with Crippen LogP contribution >= 0.6 is 0 Å². The van der Waals surface area contributed by atoms with Crippen LogP contribution in [0, 0.1) is 17.2 Å². The van der Waals surface area contributed by atoms with Gasteiger partial charge in [-0.25, -0.2) is 19.4 Å². The van der Waals surface area contributed by atoms with Gasteiger partial charge in [-0.3, -0.25) is 0 Å². The van der Waals surface area contributed by atoms with E-state index in [1.165, 1.54) is 0 Å². The van der Waals surface area contributed by atoms with E-state index in [0.717, 1.165) is 68.7 Å². The molecule has 0 radical (unpaired) electrons. The van der Waals surface area contributed by atoms with Crippen molar-refractivity contribution in [1.82, 2.24) is 19.7 Å². The first kappa shape index (κ1) is 23.9. The number of hydrogen-bond donors (Lipinski definition) is 1. The van der Waals surface area contributed by atoms with Crippen molar-refractivity contribution in [3.8, 4) is 28.8 Å². The van der Waals surface area contributed by atoms with Gasteiger partial charge < -0.3 is 14.7 Å². The fourth-order valence-electron chi connectivity index (χ4n) is 5.39. The summed E-state index contributed by atoms with van der Waals surface area (Å²) in [6.07, 6.45) is 7.66. The number of para-hydroxylation sites is 1. The molecule has 0 unspecified atom stereocenters. The summed E-state index contributed by atoms with van der Waals surface area (Å²) in [6, 6.07) is 17.4. The molecule has 0 bridgehead atoms. The number of anilines is 1. The normalized spacial score (nSPS) is 16.6. The third kappa shape index (κ3) is 4.54. The molecule has 2 fully saturated rings. The zero-order valence-electron chi connectivity index (χ0n) is 21.0. The summed E-state index contributed by atoms with van der Waals surface area (Å²) in [5.74, 6) is 0.288. The summed E-state index contributed by atoms with van der Waals surface area (Å²) in [7, 11) is 0. The number of carboxylic acid groups (broad SMARTS) is 1. The predicted octanol–water partition coefficient (Wildman–Crippen LogP) is 5.24. The van der Waals surface area contributed by atoms with E-state index in [9.17, 15) is 15.2 Å². The number of hydrogen-bond acceptors (Lipinski definition) is 7. The fraction of sp³-hybridized carbons (Fsp3) is 0.345. The van der Waals surface area contributed by atoms with Crippen LogP contribution in [0.5, 0.6) is 5.88 Å². The number of nitrogens with zero attached hydrogens (tertiary/aromatic N) is 6. The molecule has 3 aromatic heterocycles. The molecule has 4 aromatic rings. The number of ether oxygens (including phenoxy) is 1. The standard InChI is InChI=1S/C29H28N6O3/c30-17-19-12-14-34(15-13-19)25-11-10-20(18-31-25)23-16-24(29(36)37)32-27-26(23)28(38-22-8-4-5-9-22)33-35(27)21-6-2-1-3-7-21/h1-3,6-7,10-11,16,18-19,22H,4-5,8-9,12-15H2,(H,36,37). The van der Waals surface area contributed by atoms with Crippen molar-refractivity contribution in [2.24, 2.45) is 5.92 Å². The van der Waals surface area contributed by atoms with Crippen LogP contribution in [-0.4, -0.2) is 50.0 Å². The Morgan fingerprint density at radius 2 is 1.82 bits per heavy atom. The van der Waals surface area contributed by atoms with Crippen molar-refractivity contribution in [1.29, 1.82) is 5.26 Å². The highest BCUT2D eigenvalue weighted by Gasteiger charge is 2.26. The van der Waals surface area contributed by atoms with Gasteiger partial charge in [0, 0.05) is 36.3 Å². The number of carbonyl (C=O) groups is 1. The second kappa shape index (κ2) is 10.1. The van der Waals surface area contributed by atoms with Crippen LogP contribution in [0.1, 0.15) is 49.0 Å². The Bertz CT molecular complexity index is 1500. The lowest BCUT2D eigenvalue weighted by molar-refractivity contribution is 0.0691. The Kier molecular flexibility index (Phi) is 6.38. The number of rotatable bonds is 6. The maximum Gasteiger partial charge on any atom is 0.354 e. The van der Waals surface area contributed by atoms with Crippen LogP contribution in [0.3, 0.4) is 0 Å². The molecule has 9 nitrogen and oxygen atoms in total. The number of piperidine rings is 1. The molecule has 9 heteroatoms. The quantitative estimate of drug-likeness (QED) is 0.376. The summed E-state index contributed by atoms with van der Waals surface area (Å²) in [6.45, 7) is 1.58. The zero-order chi connectivity index (χ0) is 26.1. The molecule has 2 aliphatic rings. The van der Waals surface area contributed by atoms with Crippen molar-refractivity contribution >= 4 is 22.8 Å². The average molecular weight is 509 g/mol. The molecule has 6 rings (SSSR count). The lowest BCUT2D eigenvalue weighted by Crippen LogP contribution is -2.33. The summed E-state index contributed by atoms with van der Waals surface area (Å²) < 4.78 is 8.08. The van der Waals surface area contributed by atoms with Gasteiger partial charge in [-0.05, 0) is 68.9 Å². The first-order chi connectivity index (χ1) is 18.6. The Morgan fingerprint density at radius 1 is 1.05 bits per heavy atom. The first-order valence-corrected chi connectivity index (χ1v) is 13.1. The molecule has 0 amide bonds. The zero-order valence-corrected chi connectivity index (χ0v) is 21.0. The molecule has 0 atom stereocenters. The Balaban J connectivity index is 1.46. The van der Waals surface area contributed by atoms with Crippen molar-refractivity contribution in [2.45, 2.75) is 44.6 Å². The van der Waals surface area contributed by atoms with Gasteiger partial charge in [-0.1, -0.05) is 18.2 Å². The maximum atomic E-state index is 12.1. The molecular weight excluding hydrogens is 480 g/mol. The van der Waals surface area contributed by atoms with E-state index in [2.05, 4.69) is 16.0 Å². The van der Waals surface area contributed by atoms with Crippen LogP contribution in [-0.2, 0) is 0 Å². The van der Waals surface area contributed by atoms with E-state index in [0.29, 0.717) is 22.5 Å². The number of pyridine rings is 2. The fourth-order valence-corrected chi connectivity index (χ4v) is 5.39. The van der Waals surface area contributed by atoms with E-state index in [4.69, 9.17) is 14.8 Å². The van der Waals surface area contributed by atoms with E-state index in [1.54, 1.807) is 16.9 Å². The highest BCUT2D eigenvalue weighted by molar-refractivity contribution is 6.01. The highest BCUT2D eigenvalue weighted by atomic mass is 16.5. The van der Waals surface area contributed by atoms with E-state index in [1.807, 2.05) is 42.5 Å². The third-order valence-electron chi connectivity index (χ3n) is 7.47. The van der Waals surface area contributed by atoms with Gasteiger partial charge in [0.2, 0.25) is 5.88 Å². The minimum absolute atomic E-state index is 0.0698.